The molecule has 0 aliphatic heterocycles. The largest absolute Gasteiger partial charge is 0.437 e. The molecule has 0 N–H and O–H groups in total. The number of hydrogen-bond acceptors (Lipinski definition) is 4. The number of nitrogens with zero attached hydrogens (tertiary/aromatic N) is 4. The SMILES string of the molecule is c1cc(-c2ccncc2)nc(-c2c3ccccc3c(-c3ccc4nc5c6ccccc6oc5n4c3)c3ccccc23)c1. The van der Waals surface area contributed by atoms with Crippen molar-refractivity contribution in [1.29, 1.82) is 0 Å². The van der Waals surface area contributed by atoms with Crippen molar-refractivity contribution < 1.29 is 4.42 Å². The lowest BCUT2D eigenvalue weighted by atomic mass is 9.87. The summed E-state index contributed by atoms with van der Waals surface area (Å²) >= 11 is 0. The van der Waals surface area contributed by atoms with Gasteiger partial charge >= 0.3 is 0 Å². The van der Waals surface area contributed by atoms with Gasteiger partial charge in [-0.05, 0) is 81.2 Å². The minimum absolute atomic E-state index is 0.760. The van der Waals surface area contributed by atoms with Crippen molar-refractivity contribution in [2.75, 3.05) is 0 Å². The smallest absolute Gasteiger partial charge is 0.232 e. The van der Waals surface area contributed by atoms with Crippen molar-refractivity contribution in [1.82, 2.24) is 19.4 Å². The van der Waals surface area contributed by atoms with Crippen molar-refractivity contribution in [3.8, 4) is 33.6 Å². The highest BCUT2D eigenvalue weighted by Gasteiger charge is 2.19. The highest BCUT2D eigenvalue weighted by Crippen LogP contribution is 2.43. The van der Waals surface area contributed by atoms with Gasteiger partial charge in [0, 0.05) is 35.1 Å². The Hall–Kier alpha value is -5.81. The second-order valence-corrected chi connectivity index (χ2v) is 10.5. The Kier molecular flexibility index (Phi) is 4.83. The molecule has 0 radical (unpaired) electrons. The Labute approximate surface area is 240 Å². The summed E-state index contributed by atoms with van der Waals surface area (Å²) in [5.41, 5.74) is 9.66. The van der Waals surface area contributed by atoms with E-state index in [4.69, 9.17) is 14.4 Å². The van der Waals surface area contributed by atoms with E-state index in [9.17, 15) is 0 Å². The Morgan fingerprint density at radius 1 is 0.500 bits per heavy atom. The minimum atomic E-state index is 0.760. The molecule has 0 aliphatic carbocycles. The molecule has 5 heterocycles. The minimum Gasteiger partial charge on any atom is -0.437 e. The van der Waals surface area contributed by atoms with Gasteiger partial charge in [0.05, 0.1) is 11.4 Å². The van der Waals surface area contributed by atoms with Crippen LogP contribution in [0.2, 0.25) is 0 Å². The van der Waals surface area contributed by atoms with Gasteiger partial charge in [0.1, 0.15) is 16.7 Å². The molecule has 0 fully saturated rings. The average molecular weight is 539 g/mol. The summed E-state index contributed by atoms with van der Waals surface area (Å²) in [6.07, 6.45) is 5.77. The second kappa shape index (κ2) is 8.85. The van der Waals surface area contributed by atoms with E-state index in [-0.39, 0.29) is 0 Å². The maximum atomic E-state index is 6.28. The van der Waals surface area contributed by atoms with E-state index >= 15 is 0 Å². The number of fused-ring (bicyclic) bond motifs is 7. The zero-order chi connectivity index (χ0) is 27.6. The Morgan fingerprint density at radius 2 is 1.14 bits per heavy atom. The van der Waals surface area contributed by atoms with Crippen LogP contribution in [0.4, 0.5) is 0 Å². The number of para-hydroxylation sites is 1. The molecule has 0 spiro atoms. The number of benzene rings is 4. The van der Waals surface area contributed by atoms with Crippen molar-refractivity contribution in [2.45, 2.75) is 0 Å². The average Bonchev–Trinajstić information content (AvgIpc) is 3.60. The van der Waals surface area contributed by atoms with Crippen LogP contribution < -0.4 is 0 Å². The van der Waals surface area contributed by atoms with Crippen LogP contribution in [0, 0.1) is 0 Å². The Morgan fingerprint density at radius 3 is 1.88 bits per heavy atom. The number of hydrogen-bond donors (Lipinski definition) is 0. The summed E-state index contributed by atoms with van der Waals surface area (Å²) in [4.78, 5) is 14.2. The summed E-state index contributed by atoms with van der Waals surface area (Å²) in [5, 5.41) is 5.68. The molecule has 9 aromatic rings. The number of rotatable bonds is 3. The van der Waals surface area contributed by atoms with Crippen molar-refractivity contribution in [3.63, 3.8) is 0 Å². The van der Waals surface area contributed by atoms with Gasteiger partial charge in [-0.15, -0.1) is 0 Å². The van der Waals surface area contributed by atoms with Gasteiger partial charge in [-0.25, -0.2) is 9.97 Å². The topological polar surface area (TPSA) is 56.2 Å². The molecular formula is C37H22N4O. The van der Waals surface area contributed by atoms with Gasteiger partial charge in [0.2, 0.25) is 5.71 Å². The monoisotopic (exact) mass is 538 g/mol. The molecule has 5 nitrogen and oxygen atoms in total. The van der Waals surface area contributed by atoms with Crippen molar-refractivity contribution in [3.05, 3.63) is 134 Å². The molecule has 4 aromatic carbocycles. The maximum absolute atomic E-state index is 6.28. The van der Waals surface area contributed by atoms with Crippen LogP contribution in [0.1, 0.15) is 0 Å². The Balaban J connectivity index is 1.33. The van der Waals surface area contributed by atoms with Gasteiger partial charge in [0.25, 0.3) is 0 Å². The van der Waals surface area contributed by atoms with Crippen LogP contribution in [0.3, 0.4) is 0 Å². The molecule has 0 saturated carbocycles. The number of pyridine rings is 3. The predicted molar refractivity (Wildman–Crippen MR) is 169 cm³/mol. The van der Waals surface area contributed by atoms with E-state index < -0.39 is 0 Å². The summed E-state index contributed by atoms with van der Waals surface area (Å²) in [7, 11) is 0. The molecule has 0 saturated heterocycles. The normalized spacial score (nSPS) is 11.8. The van der Waals surface area contributed by atoms with E-state index in [1.807, 2.05) is 30.3 Å². The van der Waals surface area contributed by atoms with E-state index in [2.05, 4.69) is 101 Å². The zero-order valence-electron chi connectivity index (χ0n) is 22.4. The van der Waals surface area contributed by atoms with Gasteiger partial charge in [-0.3, -0.25) is 9.38 Å². The first-order valence-corrected chi connectivity index (χ1v) is 13.9. The van der Waals surface area contributed by atoms with Crippen LogP contribution in [-0.2, 0) is 0 Å². The molecule has 0 unspecified atom stereocenters. The molecule has 42 heavy (non-hydrogen) atoms. The molecular weight excluding hydrogens is 516 g/mol. The quantitative estimate of drug-likeness (QED) is 0.210. The summed E-state index contributed by atoms with van der Waals surface area (Å²) in [6.45, 7) is 0. The molecule has 0 aliphatic rings. The predicted octanol–water partition coefficient (Wildman–Crippen LogP) is 9.33. The standard InChI is InChI=1S/C37H22N4O/c1-3-10-27-25(8-1)34(24-16-17-33-40-36-29-12-5-6-15-32(29)42-37(36)41(33)22-24)26-9-2-4-11-28(26)35(27)31-14-7-13-30(39-31)23-18-20-38-21-19-23/h1-22H. The first kappa shape index (κ1) is 22.9. The van der Waals surface area contributed by atoms with E-state index in [1.165, 1.54) is 16.3 Å². The van der Waals surface area contributed by atoms with Crippen LogP contribution in [0.5, 0.6) is 0 Å². The van der Waals surface area contributed by atoms with Crippen LogP contribution in [0.15, 0.2) is 138 Å². The molecule has 5 heteroatoms. The number of furan rings is 1. The fraction of sp³-hybridized carbons (Fsp3) is 0. The van der Waals surface area contributed by atoms with E-state index in [0.29, 0.717) is 0 Å². The first-order chi connectivity index (χ1) is 20.8. The van der Waals surface area contributed by atoms with Crippen LogP contribution in [0.25, 0.3) is 83.0 Å². The summed E-state index contributed by atoms with van der Waals surface area (Å²) in [5.74, 6) is 0. The second-order valence-electron chi connectivity index (χ2n) is 10.5. The fourth-order valence-corrected chi connectivity index (χ4v) is 6.27. The van der Waals surface area contributed by atoms with Gasteiger partial charge in [-0.2, -0.15) is 0 Å². The lowest BCUT2D eigenvalue weighted by molar-refractivity contribution is 0.649. The molecule has 5 aromatic heterocycles. The number of aromatic nitrogens is 4. The Bertz CT molecular complexity index is 2420. The van der Waals surface area contributed by atoms with Gasteiger partial charge in [-0.1, -0.05) is 66.7 Å². The summed E-state index contributed by atoms with van der Waals surface area (Å²) in [6, 6.07) is 39.8. The van der Waals surface area contributed by atoms with Gasteiger partial charge in [0.15, 0.2) is 0 Å². The lowest BCUT2D eigenvalue weighted by Crippen LogP contribution is -1.94. The van der Waals surface area contributed by atoms with E-state index in [1.54, 1.807) is 12.4 Å². The zero-order valence-corrected chi connectivity index (χ0v) is 22.4. The maximum Gasteiger partial charge on any atom is 0.232 e. The first-order valence-electron chi connectivity index (χ1n) is 13.9. The lowest BCUT2D eigenvalue weighted by Gasteiger charge is -2.17. The van der Waals surface area contributed by atoms with E-state index in [0.717, 1.165) is 66.7 Å². The molecule has 0 amide bonds. The van der Waals surface area contributed by atoms with Crippen molar-refractivity contribution >= 4 is 49.4 Å². The molecule has 196 valence electrons. The fourth-order valence-electron chi connectivity index (χ4n) is 6.27. The van der Waals surface area contributed by atoms with Crippen LogP contribution in [-0.4, -0.2) is 19.4 Å². The third-order valence-corrected chi connectivity index (χ3v) is 8.12. The van der Waals surface area contributed by atoms with Gasteiger partial charge < -0.3 is 4.42 Å². The number of imidazole rings is 1. The molecule has 9 rings (SSSR count). The highest BCUT2D eigenvalue weighted by molar-refractivity contribution is 6.21. The highest BCUT2D eigenvalue weighted by atomic mass is 16.3. The third-order valence-electron chi connectivity index (χ3n) is 8.12. The third kappa shape index (κ3) is 3.34. The molecule has 0 atom stereocenters. The summed E-state index contributed by atoms with van der Waals surface area (Å²) < 4.78 is 8.36. The van der Waals surface area contributed by atoms with Crippen molar-refractivity contribution in [2.24, 2.45) is 0 Å². The van der Waals surface area contributed by atoms with Crippen LogP contribution >= 0.6 is 0 Å². The molecule has 0 bridgehead atoms.